The number of sulfonamides is 1. The summed E-state index contributed by atoms with van der Waals surface area (Å²) in [6, 6.07) is 19.4. The molecule has 1 aliphatic carbocycles. The summed E-state index contributed by atoms with van der Waals surface area (Å²) < 4.78 is 34.4. The Hall–Kier alpha value is -3.56. The van der Waals surface area contributed by atoms with Crippen molar-refractivity contribution in [3.05, 3.63) is 88.9 Å². The van der Waals surface area contributed by atoms with Crippen LogP contribution in [0.15, 0.2) is 77.7 Å². The van der Waals surface area contributed by atoms with Crippen LogP contribution in [0.1, 0.15) is 50.2 Å². The molecule has 1 saturated carbocycles. The van der Waals surface area contributed by atoms with Crippen molar-refractivity contribution in [1.82, 2.24) is 10.2 Å². The molecule has 8 nitrogen and oxygen atoms in total. The van der Waals surface area contributed by atoms with Crippen LogP contribution in [0.5, 0.6) is 5.75 Å². The molecule has 224 valence electrons. The van der Waals surface area contributed by atoms with E-state index in [1.807, 2.05) is 12.1 Å². The van der Waals surface area contributed by atoms with E-state index < -0.39 is 28.5 Å². The SMILES string of the molecule is COc1cccc(CN(C(=O)CN(c2cccc(Cl)c2C)S(=O)(=O)c2ccccc2)[C@H](C)C(=O)NC2CCCCC2)c1. The Bertz CT molecular complexity index is 1490. The summed E-state index contributed by atoms with van der Waals surface area (Å²) in [6.07, 6.45) is 5.06. The summed E-state index contributed by atoms with van der Waals surface area (Å²) >= 11 is 6.39. The molecule has 3 aromatic rings. The third kappa shape index (κ3) is 7.44. The van der Waals surface area contributed by atoms with E-state index in [0.29, 0.717) is 22.0 Å². The van der Waals surface area contributed by atoms with Crippen molar-refractivity contribution in [3.63, 3.8) is 0 Å². The number of ether oxygens (including phenoxy) is 1. The van der Waals surface area contributed by atoms with Gasteiger partial charge in [0.05, 0.1) is 17.7 Å². The van der Waals surface area contributed by atoms with E-state index in [9.17, 15) is 18.0 Å². The molecule has 42 heavy (non-hydrogen) atoms. The molecule has 1 aliphatic rings. The molecule has 0 saturated heterocycles. The predicted octanol–water partition coefficient (Wildman–Crippen LogP) is 5.72. The number of carbonyl (C=O) groups is 2. The lowest BCUT2D eigenvalue weighted by Crippen LogP contribution is -2.53. The first-order valence-corrected chi connectivity index (χ1v) is 16.0. The highest BCUT2D eigenvalue weighted by molar-refractivity contribution is 7.92. The zero-order valence-electron chi connectivity index (χ0n) is 24.3. The Morgan fingerprint density at radius 2 is 1.69 bits per heavy atom. The van der Waals surface area contributed by atoms with Gasteiger partial charge >= 0.3 is 0 Å². The van der Waals surface area contributed by atoms with Gasteiger partial charge in [-0.1, -0.05) is 67.3 Å². The van der Waals surface area contributed by atoms with Crippen LogP contribution in [-0.2, 0) is 26.2 Å². The van der Waals surface area contributed by atoms with Gasteiger partial charge in [-0.3, -0.25) is 13.9 Å². The van der Waals surface area contributed by atoms with Gasteiger partial charge in [-0.15, -0.1) is 0 Å². The summed E-state index contributed by atoms with van der Waals surface area (Å²) in [7, 11) is -2.61. The van der Waals surface area contributed by atoms with Crippen molar-refractivity contribution in [2.75, 3.05) is 18.0 Å². The number of halogens is 1. The van der Waals surface area contributed by atoms with Crippen LogP contribution in [0.25, 0.3) is 0 Å². The Morgan fingerprint density at radius 1 is 1.00 bits per heavy atom. The van der Waals surface area contributed by atoms with E-state index in [2.05, 4.69) is 5.32 Å². The number of hydrogen-bond donors (Lipinski definition) is 1. The van der Waals surface area contributed by atoms with Gasteiger partial charge in [0, 0.05) is 17.6 Å². The van der Waals surface area contributed by atoms with E-state index in [-0.39, 0.29) is 23.4 Å². The zero-order valence-corrected chi connectivity index (χ0v) is 25.8. The van der Waals surface area contributed by atoms with Crippen molar-refractivity contribution in [2.24, 2.45) is 0 Å². The van der Waals surface area contributed by atoms with Crippen molar-refractivity contribution >= 4 is 39.1 Å². The summed E-state index contributed by atoms with van der Waals surface area (Å²) in [5.41, 5.74) is 1.56. The Kier molecular flexibility index (Phi) is 10.5. The molecule has 0 radical (unpaired) electrons. The Labute approximate surface area is 253 Å². The number of benzene rings is 3. The smallest absolute Gasteiger partial charge is 0.264 e. The minimum atomic E-state index is -4.17. The average Bonchev–Trinajstić information content (AvgIpc) is 3.00. The molecule has 0 heterocycles. The number of anilines is 1. The maximum absolute atomic E-state index is 14.2. The first kappa shape index (κ1) is 31.4. The van der Waals surface area contributed by atoms with Gasteiger partial charge in [-0.05, 0) is 74.2 Å². The topological polar surface area (TPSA) is 96.0 Å². The third-order valence-corrected chi connectivity index (χ3v) is 9.91. The monoisotopic (exact) mass is 611 g/mol. The lowest BCUT2D eigenvalue weighted by molar-refractivity contribution is -0.139. The van der Waals surface area contributed by atoms with Crippen LogP contribution in [0.3, 0.4) is 0 Å². The highest BCUT2D eigenvalue weighted by Crippen LogP contribution is 2.31. The van der Waals surface area contributed by atoms with Crippen molar-refractivity contribution in [2.45, 2.75) is 69.5 Å². The maximum Gasteiger partial charge on any atom is 0.264 e. The molecule has 0 unspecified atom stereocenters. The standard InChI is InChI=1S/C32H38ClN3O5S/c1-23-29(33)18-11-19-30(23)36(42(39,40)28-16-8-5-9-17-28)22-31(37)35(21-25-12-10-15-27(20-25)41-3)24(2)32(38)34-26-13-6-4-7-14-26/h5,8-12,15-20,24,26H,4,6-7,13-14,21-22H2,1-3H3,(H,34,38)/t24-/m1/s1. The lowest BCUT2D eigenvalue weighted by atomic mass is 9.95. The molecule has 0 aliphatic heterocycles. The number of rotatable bonds is 11. The second kappa shape index (κ2) is 14.1. The Morgan fingerprint density at radius 3 is 2.38 bits per heavy atom. The maximum atomic E-state index is 14.2. The predicted molar refractivity (Wildman–Crippen MR) is 165 cm³/mol. The first-order chi connectivity index (χ1) is 20.1. The van der Waals surface area contributed by atoms with E-state index in [4.69, 9.17) is 16.3 Å². The number of hydrogen-bond acceptors (Lipinski definition) is 5. The second-order valence-corrected chi connectivity index (χ2v) is 12.9. The summed E-state index contributed by atoms with van der Waals surface area (Å²) in [4.78, 5) is 29.1. The van der Waals surface area contributed by atoms with Crippen LogP contribution in [0, 0.1) is 6.92 Å². The van der Waals surface area contributed by atoms with Gasteiger partial charge in [-0.2, -0.15) is 0 Å². The number of amides is 2. The average molecular weight is 612 g/mol. The van der Waals surface area contributed by atoms with Crippen molar-refractivity contribution < 1.29 is 22.7 Å². The fourth-order valence-electron chi connectivity index (χ4n) is 5.22. The molecule has 1 N–H and O–H groups in total. The quantitative estimate of drug-likeness (QED) is 0.299. The van der Waals surface area contributed by atoms with Gasteiger partial charge < -0.3 is 15.0 Å². The van der Waals surface area contributed by atoms with Gasteiger partial charge in [0.1, 0.15) is 18.3 Å². The minimum absolute atomic E-state index is 0.0413. The molecule has 4 rings (SSSR count). The van der Waals surface area contributed by atoms with Gasteiger partial charge in [0.25, 0.3) is 10.0 Å². The van der Waals surface area contributed by atoms with Crippen LogP contribution in [-0.4, -0.2) is 50.9 Å². The fourth-order valence-corrected chi connectivity index (χ4v) is 6.88. The molecule has 0 bridgehead atoms. The third-order valence-electron chi connectivity index (χ3n) is 7.72. The highest BCUT2D eigenvalue weighted by Gasteiger charge is 2.34. The molecule has 1 atom stereocenters. The zero-order chi connectivity index (χ0) is 30.3. The number of nitrogens with zero attached hydrogens (tertiary/aromatic N) is 2. The van der Waals surface area contributed by atoms with Crippen LogP contribution >= 0.6 is 11.6 Å². The molecular weight excluding hydrogens is 574 g/mol. The molecule has 10 heteroatoms. The molecular formula is C32H38ClN3O5S. The van der Waals surface area contributed by atoms with E-state index in [1.165, 1.54) is 17.0 Å². The number of methoxy groups -OCH3 is 1. The van der Waals surface area contributed by atoms with Crippen molar-refractivity contribution in [3.8, 4) is 5.75 Å². The van der Waals surface area contributed by atoms with Crippen LogP contribution in [0.2, 0.25) is 5.02 Å². The lowest BCUT2D eigenvalue weighted by Gasteiger charge is -2.33. The summed E-state index contributed by atoms with van der Waals surface area (Å²) in [6.45, 7) is 2.95. The number of carbonyl (C=O) groups excluding carboxylic acids is 2. The summed E-state index contributed by atoms with van der Waals surface area (Å²) in [5, 5.41) is 3.49. The van der Waals surface area contributed by atoms with E-state index >= 15 is 0 Å². The number of nitrogens with one attached hydrogen (secondary N) is 1. The summed E-state index contributed by atoms with van der Waals surface area (Å²) in [5.74, 6) is -0.181. The van der Waals surface area contributed by atoms with Crippen molar-refractivity contribution in [1.29, 1.82) is 0 Å². The van der Waals surface area contributed by atoms with Crippen LogP contribution < -0.4 is 14.4 Å². The van der Waals surface area contributed by atoms with E-state index in [0.717, 1.165) is 42.0 Å². The fraction of sp³-hybridized carbons (Fsp3) is 0.375. The molecule has 2 amide bonds. The minimum Gasteiger partial charge on any atom is -0.497 e. The Balaban J connectivity index is 1.71. The molecule has 1 fully saturated rings. The molecule has 0 spiro atoms. The molecule has 0 aromatic heterocycles. The molecule has 3 aromatic carbocycles. The highest BCUT2D eigenvalue weighted by atomic mass is 35.5. The van der Waals surface area contributed by atoms with Gasteiger partial charge in [-0.25, -0.2) is 8.42 Å². The van der Waals surface area contributed by atoms with Gasteiger partial charge in [0.2, 0.25) is 11.8 Å². The normalized spacial score (nSPS) is 14.6. The second-order valence-electron chi connectivity index (χ2n) is 10.6. The van der Waals surface area contributed by atoms with Crippen LogP contribution in [0.4, 0.5) is 5.69 Å². The largest absolute Gasteiger partial charge is 0.497 e. The van der Waals surface area contributed by atoms with Gasteiger partial charge in [0.15, 0.2) is 0 Å². The van der Waals surface area contributed by atoms with E-state index in [1.54, 1.807) is 69.5 Å². The first-order valence-electron chi connectivity index (χ1n) is 14.2.